The third kappa shape index (κ3) is 13.8. The second kappa shape index (κ2) is 26.8. The molecular formula is C50H58Cl2F2N14O4. The van der Waals surface area contributed by atoms with E-state index in [2.05, 4.69) is 60.0 Å². The maximum absolute atomic E-state index is 13.5. The van der Waals surface area contributed by atoms with Gasteiger partial charge in [-0.3, -0.25) is 8.80 Å². The average molecular weight is 1030 g/mol. The Morgan fingerprint density at radius 2 is 1.19 bits per heavy atom. The first-order valence-corrected chi connectivity index (χ1v) is 23.7. The van der Waals surface area contributed by atoms with Crippen LogP contribution < -0.4 is 21.3 Å². The Balaban J connectivity index is 0.000000206. The van der Waals surface area contributed by atoms with Gasteiger partial charge in [-0.2, -0.15) is 9.97 Å². The van der Waals surface area contributed by atoms with Crippen molar-refractivity contribution in [3.8, 4) is 45.3 Å². The fraction of sp³-hybridized carbons (Fsp3) is 0.360. The number of imidazole rings is 2. The van der Waals surface area contributed by atoms with E-state index in [-0.39, 0.29) is 48.5 Å². The molecule has 0 bridgehead atoms. The van der Waals surface area contributed by atoms with Crippen molar-refractivity contribution in [1.29, 1.82) is 0 Å². The lowest BCUT2D eigenvalue weighted by Crippen LogP contribution is -2.47. The van der Waals surface area contributed by atoms with E-state index in [0.717, 1.165) is 92.7 Å². The number of halogens is 4. The molecule has 380 valence electrons. The normalized spacial score (nSPS) is 13.6. The van der Waals surface area contributed by atoms with E-state index < -0.39 is 0 Å². The number of oxazole rings is 2. The van der Waals surface area contributed by atoms with Crippen LogP contribution in [-0.4, -0.2) is 107 Å². The number of carbonyl (C=O) groups is 1. The number of likely N-dealkylation sites (tertiary alicyclic amines) is 1. The minimum atomic E-state index is -0.309. The fourth-order valence-corrected chi connectivity index (χ4v) is 8.12. The minimum absolute atomic E-state index is 0. The number of anilines is 2. The van der Waals surface area contributed by atoms with Crippen molar-refractivity contribution in [1.82, 2.24) is 54.2 Å². The molecule has 72 heavy (non-hydrogen) atoms. The van der Waals surface area contributed by atoms with Crippen molar-refractivity contribution >= 4 is 60.5 Å². The number of hydrogen-bond acceptors (Lipinski definition) is 14. The topological polar surface area (TPSA) is 210 Å². The van der Waals surface area contributed by atoms with E-state index in [9.17, 15) is 18.4 Å². The number of rotatable bonds is 14. The molecule has 8 aromatic rings. The first-order chi connectivity index (χ1) is 34.3. The van der Waals surface area contributed by atoms with Crippen LogP contribution in [-0.2, 0) is 4.79 Å². The van der Waals surface area contributed by atoms with Gasteiger partial charge in [0.25, 0.3) is 0 Å². The maximum atomic E-state index is 13.5. The SMILES string of the molecule is CCCCN=C=O.CCCCNC(=O)N1CCC(Nc2nccc(-c3c(-c4ccc(F)cc4)nc4occn34)n2)CC1.Cl.Cl.Fc1ccc(-c2nc3occn3c2-c2ccnc(NC3CCNCC3)n2)cc1. The molecule has 0 radical (unpaired) electrons. The van der Waals surface area contributed by atoms with Crippen molar-refractivity contribution in [3.05, 3.63) is 110 Å². The van der Waals surface area contributed by atoms with Crippen LogP contribution >= 0.6 is 24.8 Å². The van der Waals surface area contributed by atoms with E-state index >= 15 is 0 Å². The highest BCUT2D eigenvalue weighted by molar-refractivity contribution is 5.86. The molecule has 0 atom stereocenters. The molecule has 2 amide bonds. The van der Waals surface area contributed by atoms with Crippen LogP contribution in [0.3, 0.4) is 0 Å². The Morgan fingerprint density at radius 1 is 0.708 bits per heavy atom. The molecular weight excluding hydrogens is 970 g/mol. The Morgan fingerprint density at radius 3 is 1.67 bits per heavy atom. The predicted octanol–water partition coefficient (Wildman–Crippen LogP) is 9.90. The lowest BCUT2D eigenvalue weighted by atomic mass is 10.1. The molecule has 8 heterocycles. The Labute approximate surface area is 427 Å². The molecule has 6 aromatic heterocycles. The summed E-state index contributed by atoms with van der Waals surface area (Å²) >= 11 is 0. The number of nitrogens with one attached hydrogen (secondary N) is 4. The van der Waals surface area contributed by atoms with Crippen LogP contribution in [0, 0.1) is 11.6 Å². The molecule has 2 aliphatic heterocycles. The summed E-state index contributed by atoms with van der Waals surface area (Å²) in [7, 11) is 0. The first-order valence-electron chi connectivity index (χ1n) is 23.7. The molecule has 4 N–H and O–H groups in total. The Bertz CT molecular complexity index is 2980. The highest BCUT2D eigenvalue weighted by Gasteiger charge is 2.25. The summed E-state index contributed by atoms with van der Waals surface area (Å²) in [6.07, 6.45) is 19.5. The third-order valence-corrected chi connectivity index (χ3v) is 11.8. The van der Waals surface area contributed by atoms with E-state index in [0.29, 0.717) is 72.9 Å². The van der Waals surface area contributed by atoms with Gasteiger partial charge >= 0.3 is 17.7 Å². The number of aliphatic imine (C=N–C) groups is 1. The van der Waals surface area contributed by atoms with Gasteiger partial charge in [0, 0.05) is 67.6 Å². The zero-order valence-corrected chi connectivity index (χ0v) is 41.6. The monoisotopic (exact) mass is 1030 g/mol. The second-order valence-electron chi connectivity index (χ2n) is 16.8. The molecule has 18 nitrogen and oxygen atoms in total. The van der Waals surface area contributed by atoms with Crippen LogP contribution in [0.4, 0.5) is 25.5 Å². The van der Waals surface area contributed by atoms with Crippen LogP contribution in [0.5, 0.6) is 0 Å². The summed E-state index contributed by atoms with van der Waals surface area (Å²) in [5.41, 5.74) is 5.81. The lowest BCUT2D eigenvalue weighted by Gasteiger charge is -2.32. The van der Waals surface area contributed by atoms with Crippen LogP contribution in [0.25, 0.3) is 57.0 Å². The molecule has 10 rings (SSSR count). The molecule has 0 spiro atoms. The summed E-state index contributed by atoms with van der Waals surface area (Å²) in [6.45, 7) is 8.86. The fourth-order valence-electron chi connectivity index (χ4n) is 8.12. The van der Waals surface area contributed by atoms with E-state index in [4.69, 9.17) is 18.8 Å². The number of fused-ring (bicyclic) bond motifs is 2. The average Bonchev–Trinajstić information content (AvgIpc) is 4.19. The number of nitrogens with zero attached hydrogens (tertiary/aromatic N) is 10. The van der Waals surface area contributed by atoms with Crippen molar-refractivity contribution in [2.24, 2.45) is 4.99 Å². The zero-order valence-electron chi connectivity index (χ0n) is 40.0. The summed E-state index contributed by atoms with van der Waals surface area (Å²) in [4.78, 5) is 54.4. The zero-order chi connectivity index (χ0) is 48.7. The third-order valence-electron chi connectivity index (χ3n) is 11.8. The standard InChI is InChI=1S/C25H28FN7O2.C20H19FN6O.C5H9NO.2ClH/c1-2-3-11-28-24(34)32-13-9-19(10-14-32)29-23-27-12-8-20(30-23)22-21(17-4-6-18(26)7-5-17)31-25-33(22)15-16-35-25;21-14-3-1-13(2-4-14)17-18(27-11-12-28-20(27)26-17)16-7-10-23-19(25-16)24-15-5-8-22-9-6-15;1-2-3-4-6-5-7;;/h4-8,12,15-16,19H,2-3,9-11,13-14H2,1H3,(H,28,34)(H,27,29,30);1-4,7,10-12,15,22H,5-6,8-9H2,(H,23,24,25);2-4H2,1H3;2*1H. The second-order valence-corrected chi connectivity index (χ2v) is 16.8. The largest absolute Gasteiger partial charge is 0.432 e. The van der Waals surface area contributed by atoms with Gasteiger partial charge in [0.15, 0.2) is 0 Å². The minimum Gasteiger partial charge on any atom is -0.432 e. The van der Waals surface area contributed by atoms with Gasteiger partial charge in [0.1, 0.15) is 46.9 Å². The highest BCUT2D eigenvalue weighted by Crippen LogP contribution is 2.34. The van der Waals surface area contributed by atoms with Crippen molar-refractivity contribution in [2.75, 3.05) is 49.9 Å². The van der Waals surface area contributed by atoms with Crippen LogP contribution in [0.1, 0.15) is 65.2 Å². The number of hydrogen-bond donors (Lipinski definition) is 4. The van der Waals surface area contributed by atoms with Gasteiger partial charge < -0.3 is 35.0 Å². The Kier molecular flexibility index (Phi) is 20.1. The van der Waals surface area contributed by atoms with Crippen molar-refractivity contribution < 1.29 is 27.2 Å². The summed E-state index contributed by atoms with van der Waals surface area (Å²) in [5, 5.41) is 13.2. The van der Waals surface area contributed by atoms with Crippen molar-refractivity contribution in [2.45, 2.75) is 77.3 Å². The van der Waals surface area contributed by atoms with Gasteiger partial charge in [-0.25, -0.2) is 43.3 Å². The van der Waals surface area contributed by atoms with E-state index in [1.165, 1.54) is 30.3 Å². The summed E-state index contributed by atoms with van der Waals surface area (Å²) in [5.74, 6) is 1.39. The first kappa shape index (κ1) is 54.1. The van der Waals surface area contributed by atoms with Crippen LogP contribution in [0.2, 0.25) is 0 Å². The molecule has 2 aromatic carbocycles. The molecule has 0 saturated carbocycles. The summed E-state index contributed by atoms with van der Waals surface area (Å²) < 4.78 is 41.5. The lowest BCUT2D eigenvalue weighted by molar-refractivity contribution is 0.183. The number of unbranched alkanes of at least 4 members (excludes halogenated alkanes) is 2. The summed E-state index contributed by atoms with van der Waals surface area (Å²) in [6, 6.07) is 16.6. The predicted molar refractivity (Wildman–Crippen MR) is 276 cm³/mol. The van der Waals surface area contributed by atoms with Gasteiger partial charge in [-0.05, 0) is 112 Å². The maximum Gasteiger partial charge on any atom is 0.317 e. The molecule has 2 saturated heterocycles. The highest BCUT2D eigenvalue weighted by atomic mass is 35.5. The number of carbonyl (C=O) groups excluding carboxylic acids is 2. The van der Waals surface area contributed by atoms with Gasteiger partial charge in [0.2, 0.25) is 18.0 Å². The van der Waals surface area contributed by atoms with E-state index in [1.807, 2.05) is 25.8 Å². The quantitative estimate of drug-likeness (QED) is 0.0455. The molecule has 2 fully saturated rings. The molecule has 22 heteroatoms. The number of benzene rings is 2. The van der Waals surface area contributed by atoms with E-state index in [1.54, 1.807) is 61.6 Å². The van der Waals surface area contributed by atoms with Gasteiger partial charge in [-0.15, -0.1) is 24.8 Å². The van der Waals surface area contributed by atoms with Gasteiger partial charge in [-0.1, -0.05) is 26.7 Å². The van der Waals surface area contributed by atoms with Crippen LogP contribution in [0.15, 0.2) is 112 Å². The Hall–Kier alpha value is -7.25. The number of isocyanates is 1. The molecule has 0 aliphatic carbocycles. The number of piperidine rings is 2. The van der Waals surface area contributed by atoms with Crippen molar-refractivity contribution in [3.63, 3.8) is 0 Å². The number of aromatic nitrogens is 8. The molecule has 0 unspecified atom stereocenters. The smallest absolute Gasteiger partial charge is 0.317 e. The molecule has 2 aliphatic rings. The number of urea groups is 1. The van der Waals surface area contributed by atoms with Gasteiger partial charge in [0.05, 0.1) is 17.9 Å². The number of amides is 2.